The molecule has 4 heteroatoms. The Labute approximate surface area is 140 Å². The van der Waals surface area contributed by atoms with Crippen LogP contribution >= 0.6 is 11.3 Å². The summed E-state index contributed by atoms with van der Waals surface area (Å²) in [4.78, 5) is 26.8. The Morgan fingerprint density at radius 3 is 2.57 bits per heavy atom. The molecule has 1 heterocycles. The van der Waals surface area contributed by atoms with E-state index in [1.165, 1.54) is 11.1 Å². The number of carbonyl (C=O) groups is 2. The van der Waals surface area contributed by atoms with Gasteiger partial charge in [-0.25, -0.2) is 4.79 Å². The summed E-state index contributed by atoms with van der Waals surface area (Å²) in [7, 11) is 0. The highest BCUT2D eigenvalue weighted by atomic mass is 32.1. The van der Waals surface area contributed by atoms with Gasteiger partial charge in [0.15, 0.2) is 6.10 Å². The number of benzene rings is 1. The molecule has 1 aromatic heterocycles. The van der Waals surface area contributed by atoms with Gasteiger partial charge in [-0.1, -0.05) is 12.1 Å². The van der Waals surface area contributed by atoms with Crippen LogP contribution in [0.5, 0.6) is 0 Å². The van der Waals surface area contributed by atoms with Crippen LogP contribution in [0.1, 0.15) is 54.9 Å². The van der Waals surface area contributed by atoms with Crippen LogP contribution in [-0.2, 0) is 17.6 Å². The summed E-state index contributed by atoms with van der Waals surface area (Å²) >= 11 is 1.56. The smallest absolute Gasteiger partial charge is 0.339 e. The van der Waals surface area contributed by atoms with Gasteiger partial charge in [0.25, 0.3) is 0 Å². The number of hydrogen-bond donors (Lipinski definition) is 0. The van der Waals surface area contributed by atoms with Gasteiger partial charge in [-0.3, -0.25) is 4.79 Å². The lowest BCUT2D eigenvalue weighted by Gasteiger charge is -2.13. The van der Waals surface area contributed by atoms with E-state index in [9.17, 15) is 9.59 Å². The lowest BCUT2D eigenvalue weighted by atomic mass is 10.0. The zero-order valence-corrected chi connectivity index (χ0v) is 14.5. The van der Waals surface area contributed by atoms with Crippen LogP contribution < -0.4 is 0 Å². The first-order valence-electron chi connectivity index (χ1n) is 7.89. The molecule has 0 fully saturated rings. The van der Waals surface area contributed by atoms with E-state index in [0.717, 1.165) is 29.0 Å². The van der Waals surface area contributed by atoms with Gasteiger partial charge in [0.1, 0.15) is 0 Å². The van der Waals surface area contributed by atoms with Crippen LogP contribution in [0.3, 0.4) is 0 Å². The molecule has 0 bridgehead atoms. The minimum Gasteiger partial charge on any atom is -0.451 e. The number of hydrogen-bond acceptors (Lipinski definition) is 4. The van der Waals surface area contributed by atoms with Gasteiger partial charge in [-0.15, -0.1) is 11.3 Å². The van der Waals surface area contributed by atoms with Crippen molar-refractivity contribution >= 4 is 23.1 Å². The van der Waals surface area contributed by atoms with Crippen molar-refractivity contribution in [2.75, 3.05) is 0 Å². The third kappa shape index (κ3) is 3.22. The Hall–Kier alpha value is -1.94. The highest BCUT2D eigenvalue weighted by Crippen LogP contribution is 2.25. The number of Topliss-reactive ketones (excluding diaryl/α,β-unsaturated/α-hetero) is 1. The lowest BCUT2D eigenvalue weighted by molar-refractivity contribution is 0.0318. The maximum Gasteiger partial charge on any atom is 0.339 e. The molecule has 120 valence electrons. The Morgan fingerprint density at radius 2 is 1.87 bits per heavy atom. The summed E-state index contributed by atoms with van der Waals surface area (Å²) in [5.41, 5.74) is 3.76. The van der Waals surface area contributed by atoms with Crippen LogP contribution in [0.2, 0.25) is 0 Å². The SMILES string of the molecule is Cc1cc(C(=O)O[C@@H](C)C(=O)c2ccc3c(c2)CCC3)c(C)s1. The second-order valence-electron chi connectivity index (χ2n) is 6.08. The molecule has 1 aliphatic carbocycles. The van der Waals surface area contributed by atoms with Crippen molar-refractivity contribution in [1.29, 1.82) is 0 Å². The van der Waals surface area contributed by atoms with Crippen molar-refractivity contribution in [1.82, 2.24) is 0 Å². The molecule has 1 atom stereocenters. The number of esters is 1. The molecule has 0 radical (unpaired) electrons. The predicted molar refractivity (Wildman–Crippen MR) is 91.5 cm³/mol. The fraction of sp³-hybridized carbons (Fsp3) is 0.368. The first-order chi connectivity index (χ1) is 11.0. The number of ether oxygens (including phenoxy) is 1. The normalized spacial score (nSPS) is 14.4. The number of carbonyl (C=O) groups excluding carboxylic acids is 2. The minimum absolute atomic E-state index is 0.141. The number of aryl methyl sites for hydroxylation is 4. The van der Waals surface area contributed by atoms with Crippen LogP contribution in [0.25, 0.3) is 0 Å². The summed E-state index contributed by atoms with van der Waals surface area (Å²) < 4.78 is 5.38. The van der Waals surface area contributed by atoms with E-state index < -0.39 is 12.1 Å². The van der Waals surface area contributed by atoms with Crippen molar-refractivity contribution in [2.24, 2.45) is 0 Å². The van der Waals surface area contributed by atoms with E-state index >= 15 is 0 Å². The molecule has 0 amide bonds. The Balaban J connectivity index is 1.72. The Bertz CT molecular complexity index is 773. The summed E-state index contributed by atoms with van der Waals surface area (Å²) in [6.07, 6.45) is 2.49. The van der Waals surface area contributed by atoms with E-state index in [4.69, 9.17) is 4.74 Å². The largest absolute Gasteiger partial charge is 0.451 e. The molecule has 23 heavy (non-hydrogen) atoms. The Kier molecular flexibility index (Phi) is 4.35. The first kappa shape index (κ1) is 15.9. The van der Waals surface area contributed by atoms with Gasteiger partial charge in [-0.2, -0.15) is 0 Å². The van der Waals surface area contributed by atoms with Gasteiger partial charge in [0.2, 0.25) is 5.78 Å². The first-order valence-corrected chi connectivity index (χ1v) is 8.71. The molecular weight excluding hydrogens is 308 g/mol. The molecule has 0 aliphatic heterocycles. The van der Waals surface area contributed by atoms with E-state index in [1.54, 1.807) is 18.3 Å². The van der Waals surface area contributed by atoms with Crippen molar-refractivity contribution in [3.63, 3.8) is 0 Å². The van der Waals surface area contributed by atoms with Crippen molar-refractivity contribution in [2.45, 2.75) is 46.1 Å². The second-order valence-corrected chi connectivity index (χ2v) is 7.54. The summed E-state index contributed by atoms with van der Waals surface area (Å²) in [6.45, 7) is 5.48. The molecule has 0 N–H and O–H groups in total. The van der Waals surface area contributed by atoms with Crippen molar-refractivity contribution in [3.8, 4) is 0 Å². The number of fused-ring (bicyclic) bond motifs is 1. The maximum absolute atomic E-state index is 12.5. The van der Waals surface area contributed by atoms with Crippen LogP contribution in [0.4, 0.5) is 0 Å². The lowest BCUT2D eigenvalue weighted by Crippen LogP contribution is -2.24. The average Bonchev–Trinajstić information content (AvgIpc) is 3.11. The molecule has 1 aliphatic rings. The zero-order valence-electron chi connectivity index (χ0n) is 13.6. The molecule has 3 rings (SSSR count). The van der Waals surface area contributed by atoms with Crippen LogP contribution in [0.15, 0.2) is 24.3 Å². The third-order valence-corrected chi connectivity index (χ3v) is 5.26. The summed E-state index contributed by atoms with van der Waals surface area (Å²) in [5, 5.41) is 0. The summed E-state index contributed by atoms with van der Waals surface area (Å²) in [6, 6.07) is 7.64. The standard InChI is InChI=1S/C19H20O3S/c1-11-9-17(13(3)23-11)19(21)22-12(2)18(20)16-8-7-14-5-4-6-15(14)10-16/h7-10,12H,4-6H2,1-3H3/t12-/m0/s1. The molecule has 0 saturated heterocycles. The number of thiophene rings is 1. The highest BCUT2D eigenvalue weighted by molar-refractivity contribution is 7.12. The van der Waals surface area contributed by atoms with Crippen molar-refractivity contribution < 1.29 is 14.3 Å². The summed E-state index contributed by atoms with van der Waals surface area (Å²) in [5.74, 6) is -0.563. The monoisotopic (exact) mass is 328 g/mol. The second kappa shape index (κ2) is 6.28. The molecule has 2 aromatic rings. The fourth-order valence-corrected chi connectivity index (χ4v) is 3.98. The van der Waals surface area contributed by atoms with Gasteiger partial charge in [0.05, 0.1) is 5.56 Å². The van der Waals surface area contributed by atoms with Gasteiger partial charge in [0, 0.05) is 15.3 Å². The molecule has 3 nitrogen and oxygen atoms in total. The maximum atomic E-state index is 12.5. The van der Waals surface area contributed by atoms with Gasteiger partial charge < -0.3 is 4.74 Å². The topological polar surface area (TPSA) is 43.4 Å². The fourth-order valence-electron chi connectivity index (χ4n) is 3.07. The number of ketones is 1. The molecular formula is C19H20O3S. The molecule has 1 aromatic carbocycles. The quantitative estimate of drug-likeness (QED) is 0.621. The molecule has 0 saturated carbocycles. The predicted octanol–water partition coefficient (Wildman–Crippen LogP) is 4.28. The van der Waals surface area contributed by atoms with E-state index in [2.05, 4.69) is 0 Å². The minimum atomic E-state index is -0.776. The molecule has 0 unspecified atom stereocenters. The van der Waals surface area contributed by atoms with Crippen LogP contribution in [-0.4, -0.2) is 17.9 Å². The zero-order chi connectivity index (χ0) is 16.6. The van der Waals surface area contributed by atoms with E-state index in [0.29, 0.717) is 11.1 Å². The number of rotatable bonds is 4. The highest BCUT2D eigenvalue weighted by Gasteiger charge is 2.23. The molecule has 0 spiro atoms. The van der Waals surface area contributed by atoms with Gasteiger partial charge in [-0.05, 0) is 63.3 Å². The van der Waals surface area contributed by atoms with Gasteiger partial charge >= 0.3 is 5.97 Å². The van der Waals surface area contributed by atoms with E-state index in [-0.39, 0.29) is 5.78 Å². The Morgan fingerprint density at radius 1 is 1.13 bits per heavy atom. The third-order valence-electron chi connectivity index (χ3n) is 4.30. The van der Waals surface area contributed by atoms with Crippen LogP contribution in [0, 0.1) is 13.8 Å². The van der Waals surface area contributed by atoms with Crippen molar-refractivity contribution in [3.05, 3.63) is 56.3 Å². The van der Waals surface area contributed by atoms with E-state index in [1.807, 2.05) is 38.1 Å². The average molecular weight is 328 g/mol.